The summed E-state index contributed by atoms with van der Waals surface area (Å²) in [6.07, 6.45) is 3.88. The number of carbonyl (C=O) groups excluding carboxylic acids is 1. The van der Waals surface area contributed by atoms with Crippen molar-refractivity contribution in [3.05, 3.63) is 95.3 Å². The van der Waals surface area contributed by atoms with Gasteiger partial charge in [0.25, 0.3) is 0 Å². The largest absolute Gasteiger partial charge is 0.497 e. The van der Waals surface area contributed by atoms with Gasteiger partial charge in [0, 0.05) is 24.6 Å². The van der Waals surface area contributed by atoms with Crippen molar-refractivity contribution in [2.45, 2.75) is 12.8 Å². The van der Waals surface area contributed by atoms with E-state index in [4.69, 9.17) is 19.4 Å². The second-order valence-corrected chi connectivity index (χ2v) is 6.64. The van der Waals surface area contributed by atoms with Crippen LogP contribution in [0.4, 0.5) is 0 Å². The number of nitrogens with two attached hydrogens (primary N) is 1. The van der Waals surface area contributed by atoms with Crippen LogP contribution in [0.1, 0.15) is 22.4 Å². The van der Waals surface area contributed by atoms with E-state index in [0.717, 1.165) is 35.6 Å². The van der Waals surface area contributed by atoms with Crippen LogP contribution in [-0.2, 0) is 17.6 Å². The zero-order valence-corrected chi connectivity index (χ0v) is 17.1. The topological polar surface area (TPSA) is 78.8 Å². The first-order valence-corrected chi connectivity index (χ1v) is 9.54. The summed E-state index contributed by atoms with van der Waals surface area (Å²) < 4.78 is 12.5. The second kappa shape index (κ2) is 10.1. The van der Waals surface area contributed by atoms with Crippen LogP contribution in [0.3, 0.4) is 0 Å². The maximum Gasteiger partial charge on any atom is 0.204 e. The van der Waals surface area contributed by atoms with Crippen LogP contribution in [-0.4, -0.2) is 30.2 Å². The van der Waals surface area contributed by atoms with E-state index >= 15 is 0 Å². The summed E-state index contributed by atoms with van der Waals surface area (Å²) in [4.78, 5) is 8.58. The first kappa shape index (κ1) is 20.9. The molecule has 0 atom stereocenters. The number of benzene rings is 2. The molecule has 0 aliphatic heterocycles. The molecule has 6 heteroatoms. The van der Waals surface area contributed by atoms with E-state index in [1.54, 1.807) is 14.2 Å². The monoisotopic (exact) mass is 403 g/mol. The molecule has 2 aromatic carbocycles. The molecule has 6 nitrogen and oxygen atoms in total. The van der Waals surface area contributed by atoms with Gasteiger partial charge in [0.15, 0.2) is 0 Å². The Kier molecular flexibility index (Phi) is 7.05. The summed E-state index contributed by atoms with van der Waals surface area (Å²) >= 11 is 0. The van der Waals surface area contributed by atoms with E-state index in [1.165, 1.54) is 16.7 Å². The lowest BCUT2D eigenvalue weighted by Crippen LogP contribution is -1.96. The number of pyridine rings is 1. The third kappa shape index (κ3) is 4.97. The molecule has 2 aromatic heterocycles. The first-order valence-electron chi connectivity index (χ1n) is 9.54. The quantitative estimate of drug-likeness (QED) is 0.499. The normalized spacial score (nSPS) is 10.2. The molecule has 2 heterocycles. The van der Waals surface area contributed by atoms with Gasteiger partial charge in [-0.05, 0) is 47.5 Å². The Hall–Kier alpha value is -3.80. The molecule has 2 N–H and O–H groups in total. The molecule has 0 saturated heterocycles. The summed E-state index contributed by atoms with van der Waals surface area (Å²) in [5.74, 6) is 1.74. The number of rotatable bonds is 6. The van der Waals surface area contributed by atoms with Crippen molar-refractivity contribution in [3.63, 3.8) is 0 Å². The Morgan fingerprint density at radius 3 is 1.93 bits per heavy atom. The molecule has 0 aliphatic rings. The highest BCUT2D eigenvalue weighted by Gasteiger charge is 2.14. The average molecular weight is 403 g/mol. The number of hydrogen-bond donors (Lipinski definition) is 1. The van der Waals surface area contributed by atoms with Crippen LogP contribution in [0.5, 0.6) is 11.5 Å². The van der Waals surface area contributed by atoms with Gasteiger partial charge in [-0.25, -0.2) is 4.52 Å². The summed E-state index contributed by atoms with van der Waals surface area (Å²) in [7, 11) is 3.37. The van der Waals surface area contributed by atoms with Crippen molar-refractivity contribution in [2.24, 2.45) is 5.73 Å². The molecule has 0 aliphatic carbocycles. The number of hydrogen-bond acceptors (Lipinski definition) is 4. The highest BCUT2D eigenvalue weighted by atomic mass is 16.5. The van der Waals surface area contributed by atoms with Gasteiger partial charge in [-0.2, -0.15) is 5.10 Å². The number of primary amides is 1. The molecule has 0 unspecified atom stereocenters. The van der Waals surface area contributed by atoms with Gasteiger partial charge in [0.2, 0.25) is 6.41 Å². The first-order chi connectivity index (χ1) is 14.7. The zero-order chi connectivity index (χ0) is 21.3. The van der Waals surface area contributed by atoms with Crippen LogP contribution >= 0.6 is 0 Å². The standard InChI is InChI=1S/C23H22N2O2.CH3NO/c1-26-19-10-6-17(7-11-19)15-21-22(24-25-14-4-3-5-23(21)25)16-18-8-12-20(27-2)13-9-18;2-1-3/h3-14H,15-16H2,1-2H3;1H,(H2,2,3). The third-order valence-corrected chi connectivity index (χ3v) is 4.80. The van der Waals surface area contributed by atoms with E-state index in [1.807, 2.05) is 41.0 Å². The van der Waals surface area contributed by atoms with Crippen LogP contribution in [0.25, 0.3) is 5.52 Å². The van der Waals surface area contributed by atoms with Crippen LogP contribution < -0.4 is 15.2 Å². The Labute approximate surface area is 175 Å². The molecular formula is C24H25N3O3. The number of ether oxygens (including phenoxy) is 2. The fourth-order valence-electron chi connectivity index (χ4n) is 3.32. The summed E-state index contributed by atoms with van der Waals surface area (Å²) in [5.41, 5.74) is 10.1. The van der Waals surface area contributed by atoms with E-state index in [2.05, 4.69) is 42.1 Å². The number of carbonyl (C=O) groups is 1. The van der Waals surface area contributed by atoms with Crippen molar-refractivity contribution in [1.82, 2.24) is 9.61 Å². The van der Waals surface area contributed by atoms with E-state index in [0.29, 0.717) is 0 Å². The number of fused-ring (bicyclic) bond motifs is 1. The number of amides is 1. The molecular weight excluding hydrogens is 378 g/mol. The molecule has 0 radical (unpaired) electrons. The Morgan fingerprint density at radius 1 is 0.867 bits per heavy atom. The van der Waals surface area contributed by atoms with Crippen molar-refractivity contribution < 1.29 is 14.3 Å². The van der Waals surface area contributed by atoms with Gasteiger partial charge in [-0.15, -0.1) is 0 Å². The predicted octanol–water partition coefficient (Wildman–Crippen LogP) is 3.63. The van der Waals surface area contributed by atoms with Crippen LogP contribution in [0, 0.1) is 0 Å². The number of nitrogens with zero attached hydrogens (tertiary/aromatic N) is 2. The fraction of sp³-hybridized carbons (Fsp3) is 0.167. The molecule has 0 fully saturated rings. The van der Waals surface area contributed by atoms with Crippen LogP contribution in [0.2, 0.25) is 0 Å². The minimum Gasteiger partial charge on any atom is -0.497 e. The lowest BCUT2D eigenvalue weighted by molar-refractivity contribution is -0.106. The highest BCUT2D eigenvalue weighted by molar-refractivity contribution is 5.58. The molecule has 30 heavy (non-hydrogen) atoms. The predicted molar refractivity (Wildman–Crippen MR) is 117 cm³/mol. The van der Waals surface area contributed by atoms with Crippen molar-refractivity contribution in [1.29, 1.82) is 0 Å². The lowest BCUT2D eigenvalue weighted by Gasteiger charge is -2.06. The summed E-state index contributed by atoms with van der Waals surface area (Å²) in [6.45, 7) is 0. The maximum absolute atomic E-state index is 8.58. The lowest BCUT2D eigenvalue weighted by atomic mass is 9.99. The minimum atomic E-state index is 0.250. The summed E-state index contributed by atoms with van der Waals surface area (Å²) in [6, 6.07) is 22.6. The molecule has 4 rings (SSSR count). The van der Waals surface area contributed by atoms with Gasteiger partial charge in [0.1, 0.15) is 11.5 Å². The van der Waals surface area contributed by atoms with E-state index in [9.17, 15) is 0 Å². The van der Waals surface area contributed by atoms with Crippen molar-refractivity contribution >= 4 is 11.9 Å². The molecule has 154 valence electrons. The minimum absolute atomic E-state index is 0.250. The Balaban J connectivity index is 0.000000806. The molecule has 0 spiro atoms. The number of methoxy groups -OCH3 is 2. The maximum atomic E-state index is 8.58. The highest BCUT2D eigenvalue weighted by Crippen LogP contribution is 2.24. The van der Waals surface area contributed by atoms with Gasteiger partial charge in [0.05, 0.1) is 25.4 Å². The Bertz CT molecular complexity index is 1090. The third-order valence-electron chi connectivity index (χ3n) is 4.80. The van der Waals surface area contributed by atoms with Gasteiger partial charge in [-0.3, -0.25) is 4.79 Å². The van der Waals surface area contributed by atoms with Gasteiger partial charge < -0.3 is 15.2 Å². The van der Waals surface area contributed by atoms with Crippen molar-refractivity contribution in [2.75, 3.05) is 14.2 Å². The number of aromatic nitrogens is 2. The van der Waals surface area contributed by atoms with E-state index in [-0.39, 0.29) is 6.41 Å². The van der Waals surface area contributed by atoms with Gasteiger partial charge in [-0.1, -0.05) is 30.3 Å². The van der Waals surface area contributed by atoms with Gasteiger partial charge >= 0.3 is 0 Å². The fourth-order valence-corrected chi connectivity index (χ4v) is 3.32. The smallest absolute Gasteiger partial charge is 0.204 e. The summed E-state index contributed by atoms with van der Waals surface area (Å²) in [5, 5.41) is 4.84. The average Bonchev–Trinajstić information content (AvgIpc) is 3.12. The zero-order valence-electron chi connectivity index (χ0n) is 17.1. The Morgan fingerprint density at radius 2 is 1.40 bits per heavy atom. The second-order valence-electron chi connectivity index (χ2n) is 6.64. The van der Waals surface area contributed by atoms with Crippen LogP contribution in [0.15, 0.2) is 72.9 Å². The van der Waals surface area contributed by atoms with E-state index < -0.39 is 0 Å². The molecule has 0 bridgehead atoms. The molecule has 0 saturated carbocycles. The SMILES string of the molecule is COc1ccc(Cc2nn3ccccc3c2Cc2ccc(OC)cc2)cc1.NC=O. The molecule has 4 aromatic rings. The van der Waals surface area contributed by atoms with Crippen molar-refractivity contribution in [3.8, 4) is 11.5 Å². The molecule has 1 amide bonds.